The van der Waals surface area contributed by atoms with Crippen LogP contribution in [-0.2, 0) is 11.4 Å². The van der Waals surface area contributed by atoms with E-state index in [9.17, 15) is 9.18 Å². The molecule has 2 atom stereocenters. The first-order chi connectivity index (χ1) is 12.1. The number of hydrogen-bond donors (Lipinski definition) is 2. The summed E-state index contributed by atoms with van der Waals surface area (Å²) in [4.78, 5) is 12.2. The molecule has 2 aromatic carbocycles. The summed E-state index contributed by atoms with van der Waals surface area (Å²) >= 11 is 0. The minimum atomic E-state index is -0.285. The molecule has 3 N–H and O–H groups in total. The highest BCUT2D eigenvalue weighted by molar-refractivity contribution is 5.91. The molecule has 3 rings (SSSR count). The topological polar surface area (TPSA) is 64.4 Å². The van der Waals surface area contributed by atoms with Crippen LogP contribution in [0.2, 0.25) is 0 Å². The van der Waals surface area contributed by atoms with Crippen LogP contribution < -0.4 is 15.8 Å². The third-order valence-corrected chi connectivity index (χ3v) is 4.58. The van der Waals surface area contributed by atoms with Gasteiger partial charge in [-0.25, -0.2) is 4.39 Å². The molecule has 5 heteroatoms. The van der Waals surface area contributed by atoms with Gasteiger partial charge in [0.15, 0.2) is 0 Å². The van der Waals surface area contributed by atoms with Crippen molar-refractivity contribution in [2.75, 3.05) is 5.32 Å². The summed E-state index contributed by atoms with van der Waals surface area (Å²) in [5.41, 5.74) is 7.47. The van der Waals surface area contributed by atoms with Gasteiger partial charge in [-0.05, 0) is 48.6 Å². The summed E-state index contributed by atoms with van der Waals surface area (Å²) in [6.45, 7) is 0.270. The van der Waals surface area contributed by atoms with Crippen molar-refractivity contribution < 1.29 is 13.9 Å². The Morgan fingerprint density at radius 1 is 1.20 bits per heavy atom. The Balaban J connectivity index is 1.54. The summed E-state index contributed by atoms with van der Waals surface area (Å²) in [6, 6.07) is 13.6. The first-order valence-corrected chi connectivity index (χ1v) is 8.63. The molecule has 0 spiro atoms. The van der Waals surface area contributed by atoms with Gasteiger partial charge in [0.05, 0.1) is 0 Å². The lowest BCUT2D eigenvalue weighted by molar-refractivity contribution is -0.117. The minimum Gasteiger partial charge on any atom is -0.489 e. The smallest absolute Gasteiger partial charge is 0.224 e. The zero-order chi connectivity index (χ0) is 17.6. The van der Waals surface area contributed by atoms with Gasteiger partial charge in [-0.1, -0.05) is 24.6 Å². The molecule has 0 aromatic heterocycles. The van der Waals surface area contributed by atoms with Crippen LogP contribution in [0.4, 0.5) is 10.1 Å². The van der Waals surface area contributed by atoms with E-state index < -0.39 is 0 Å². The zero-order valence-corrected chi connectivity index (χ0v) is 14.1. The first-order valence-electron chi connectivity index (χ1n) is 8.63. The highest BCUT2D eigenvalue weighted by atomic mass is 19.1. The van der Waals surface area contributed by atoms with E-state index in [1.54, 1.807) is 18.2 Å². The first kappa shape index (κ1) is 17.4. The molecule has 1 aliphatic rings. The van der Waals surface area contributed by atoms with Crippen molar-refractivity contribution in [1.29, 1.82) is 0 Å². The Morgan fingerprint density at radius 2 is 2.04 bits per heavy atom. The van der Waals surface area contributed by atoms with Gasteiger partial charge in [-0.15, -0.1) is 0 Å². The molecule has 1 saturated carbocycles. The molecular weight excluding hydrogens is 319 g/mol. The van der Waals surface area contributed by atoms with E-state index in [1.807, 2.05) is 18.2 Å². The predicted octanol–water partition coefficient (Wildman–Crippen LogP) is 3.86. The van der Waals surface area contributed by atoms with Gasteiger partial charge in [-0.3, -0.25) is 4.79 Å². The molecule has 0 saturated heterocycles. The van der Waals surface area contributed by atoms with Crippen molar-refractivity contribution >= 4 is 11.6 Å². The Bertz CT molecular complexity index is 735. The van der Waals surface area contributed by atoms with E-state index in [1.165, 1.54) is 12.1 Å². The van der Waals surface area contributed by atoms with E-state index in [-0.39, 0.29) is 30.3 Å². The van der Waals surface area contributed by atoms with Crippen molar-refractivity contribution in [2.45, 2.75) is 38.3 Å². The number of rotatable bonds is 6. The van der Waals surface area contributed by atoms with Crippen LogP contribution in [-0.4, -0.2) is 11.9 Å². The molecule has 25 heavy (non-hydrogen) atoms. The standard InChI is InChI=1S/C20H23FN2O2/c21-16-6-1-4-14(10-16)13-25-18-8-3-7-17(12-18)23-20(24)11-15-5-2-9-19(15)22/h1,3-4,6-8,10,12,15,19H,2,5,9,11,13,22H2,(H,23,24)/t15-,19+/m0/s1. The van der Waals surface area contributed by atoms with Gasteiger partial charge in [0, 0.05) is 24.2 Å². The largest absolute Gasteiger partial charge is 0.489 e. The average molecular weight is 342 g/mol. The van der Waals surface area contributed by atoms with Crippen LogP contribution in [0.3, 0.4) is 0 Å². The highest BCUT2D eigenvalue weighted by Crippen LogP contribution is 2.27. The number of halogens is 1. The fourth-order valence-corrected chi connectivity index (χ4v) is 3.23. The van der Waals surface area contributed by atoms with Gasteiger partial charge < -0.3 is 15.8 Å². The Morgan fingerprint density at radius 3 is 2.80 bits per heavy atom. The lowest BCUT2D eigenvalue weighted by Crippen LogP contribution is -2.28. The molecule has 1 amide bonds. The number of hydrogen-bond acceptors (Lipinski definition) is 3. The summed E-state index contributed by atoms with van der Waals surface area (Å²) in [5, 5.41) is 2.90. The van der Waals surface area contributed by atoms with Crippen LogP contribution in [0.15, 0.2) is 48.5 Å². The molecule has 0 aliphatic heterocycles. The Hall–Kier alpha value is -2.40. The molecule has 4 nitrogen and oxygen atoms in total. The molecule has 1 aliphatic carbocycles. The summed E-state index contributed by atoms with van der Waals surface area (Å²) in [5.74, 6) is 0.587. The summed E-state index contributed by atoms with van der Waals surface area (Å²) < 4.78 is 18.9. The van der Waals surface area contributed by atoms with Gasteiger partial charge >= 0.3 is 0 Å². The minimum absolute atomic E-state index is 0.0235. The number of carbonyl (C=O) groups excluding carboxylic acids is 1. The van der Waals surface area contributed by atoms with Crippen molar-refractivity contribution in [3.8, 4) is 5.75 Å². The molecule has 2 aromatic rings. The maximum absolute atomic E-state index is 13.2. The summed E-state index contributed by atoms with van der Waals surface area (Å²) in [7, 11) is 0. The zero-order valence-electron chi connectivity index (χ0n) is 14.1. The third-order valence-electron chi connectivity index (χ3n) is 4.58. The Labute approximate surface area is 147 Å². The Kier molecular flexibility index (Phi) is 5.66. The number of anilines is 1. The van der Waals surface area contributed by atoms with E-state index in [4.69, 9.17) is 10.5 Å². The highest BCUT2D eigenvalue weighted by Gasteiger charge is 2.26. The fraction of sp³-hybridized carbons (Fsp3) is 0.350. The molecule has 1 fully saturated rings. The van der Waals surface area contributed by atoms with E-state index in [0.717, 1.165) is 24.8 Å². The van der Waals surface area contributed by atoms with Gasteiger partial charge in [-0.2, -0.15) is 0 Å². The van der Waals surface area contributed by atoms with Crippen molar-refractivity contribution in [3.63, 3.8) is 0 Å². The number of nitrogens with two attached hydrogens (primary N) is 1. The van der Waals surface area contributed by atoms with E-state index >= 15 is 0 Å². The quantitative estimate of drug-likeness (QED) is 0.838. The number of amides is 1. The molecule has 132 valence electrons. The second-order valence-corrected chi connectivity index (χ2v) is 6.55. The predicted molar refractivity (Wildman–Crippen MR) is 95.7 cm³/mol. The number of benzene rings is 2. The van der Waals surface area contributed by atoms with Crippen LogP contribution in [0.5, 0.6) is 5.75 Å². The number of nitrogens with one attached hydrogen (secondary N) is 1. The van der Waals surface area contributed by atoms with Crippen LogP contribution >= 0.6 is 0 Å². The van der Waals surface area contributed by atoms with Crippen LogP contribution in [0, 0.1) is 11.7 Å². The maximum atomic E-state index is 13.2. The lowest BCUT2D eigenvalue weighted by Gasteiger charge is -2.15. The fourth-order valence-electron chi connectivity index (χ4n) is 3.23. The monoisotopic (exact) mass is 342 g/mol. The normalized spacial score (nSPS) is 19.6. The molecule has 0 unspecified atom stereocenters. The second kappa shape index (κ2) is 8.12. The van der Waals surface area contributed by atoms with Crippen molar-refractivity contribution in [3.05, 3.63) is 59.9 Å². The molecule has 0 heterocycles. The van der Waals surface area contributed by atoms with Crippen molar-refractivity contribution in [2.24, 2.45) is 11.7 Å². The maximum Gasteiger partial charge on any atom is 0.224 e. The third kappa shape index (κ3) is 5.03. The van der Waals surface area contributed by atoms with Crippen LogP contribution in [0.1, 0.15) is 31.2 Å². The van der Waals surface area contributed by atoms with Crippen molar-refractivity contribution in [1.82, 2.24) is 0 Å². The number of ether oxygens (including phenoxy) is 1. The van der Waals surface area contributed by atoms with Gasteiger partial charge in [0.25, 0.3) is 0 Å². The van der Waals surface area contributed by atoms with E-state index in [2.05, 4.69) is 5.32 Å². The molecule has 0 radical (unpaired) electrons. The van der Waals surface area contributed by atoms with Gasteiger partial charge in [0.2, 0.25) is 5.91 Å². The number of carbonyl (C=O) groups is 1. The lowest BCUT2D eigenvalue weighted by atomic mass is 10.00. The van der Waals surface area contributed by atoms with E-state index in [0.29, 0.717) is 17.9 Å². The average Bonchev–Trinajstić information content (AvgIpc) is 2.98. The second-order valence-electron chi connectivity index (χ2n) is 6.55. The summed E-state index contributed by atoms with van der Waals surface area (Å²) in [6.07, 6.45) is 3.57. The SMILES string of the molecule is N[C@@H]1CCC[C@H]1CC(=O)Nc1cccc(OCc2cccc(F)c2)c1. The molecular formula is C20H23FN2O2. The van der Waals surface area contributed by atoms with Gasteiger partial charge in [0.1, 0.15) is 18.2 Å². The molecule has 0 bridgehead atoms. The van der Waals surface area contributed by atoms with Crippen LogP contribution in [0.25, 0.3) is 0 Å².